The number of halogens is 2. The molecule has 0 radical (unpaired) electrons. The molecule has 0 atom stereocenters. The zero-order chi connectivity index (χ0) is 24.5. The number of pyridine rings is 1. The third-order valence-corrected chi connectivity index (χ3v) is 8.00. The van der Waals surface area contributed by atoms with E-state index in [0.717, 1.165) is 58.6 Å². The third kappa shape index (κ3) is 4.92. The Bertz CT molecular complexity index is 1230. The molecule has 2 aromatic carbocycles. The lowest BCUT2D eigenvalue weighted by atomic mass is 9.80. The topological polar surface area (TPSA) is 77.5 Å². The Morgan fingerprint density at radius 3 is 2.51 bits per heavy atom. The average molecular weight is 513 g/mol. The number of carbonyl (C=O) groups is 1. The fourth-order valence-corrected chi connectivity index (χ4v) is 5.92. The standard InChI is InChI=1S/C27H30Cl2N4O2/c1-30-9-8-16-2-4-17(5-3-16)15-33-25-20(14-32-27(33)35)13-31-24-7-6-18(10-21(24)25)19-11-22(28)26(34)23(29)12-19/h6-7,10-13,16-17,30,34H,2-5,8-9,14-15H2,1H3,(H,32,35). The Morgan fingerprint density at radius 1 is 1.09 bits per heavy atom. The summed E-state index contributed by atoms with van der Waals surface area (Å²) in [6, 6.07) is 9.30. The maximum absolute atomic E-state index is 13.1. The van der Waals surface area contributed by atoms with Gasteiger partial charge >= 0.3 is 6.03 Å². The van der Waals surface area contributed by atoms with Crippen LogP contribution < -0.4 is 15.5 Å². The lowest BCUT2D eigenvalue weighted by Crippen LogP contribution is -2.47. The van der Waals surface area contributed by atoms with Crippen molar-refractivity contribution in [2.75, 3.05) is 25.0 Å². The Kier molecular flexibility index (Phi) is 7.05. The predicted octanol–water partition coefficient (Wildman–Crippen LogP) is 6.36. The second-order valence-corrected chi connectivity index (χ2v) is 10.5. The van der Waals surface area contributed by atoms with E-state index in [1.807, 2.05) is 36.3 Å². The average Bonchev–Trinajstić information content (AvgIpc) is 2.87. The number of hydrogen-bond donors (Lipinski definition) is 3. The quantitative estimate of drug-likeness (QED) is 0.359. The monoisotopic (exact) mass is 512 g/mol. The number of urea groups is 1. The molecule has 2 aliphatic rings. The SMILES string of the molecule is CNCCC1CCC(CN2C(=O)NCc3cnc4ccc(-c5cc(Cl)c(O)c(Cl)c5)cc4c32)CC1. The van der Waals surface area contributed by atoms with E-state index >= 15 is 0 Å². The molecule has 35 heavy (non-hydrogen) atoms. The Morgan fingerprint density at radius 2 is 1.80 bits per heavy atom. The number of aromatic nitrogens is 1. The highest BCUT2D eigenvalue weighted by Gasteiger charge is 2.30. The van der Waals surface area contributed by atoms with E-state index in [1.165, 1.54) is 19.3 Å². The number of hydrogen-bond acceptors (Lipinski definition) is 4. The number of nitrogens with zero attached hydrogens (tertiary/aromatic N) is 2. The molecular formula is C27H30Cl2N4O2. The highest BCUT2D eigenvalue weighted by atomic mass is 35.5. The molecule has 0 bridgehead atoms. The summed E-state index contributed by atoms with van der Waals surface area (Å²) in [5.41, 5.74) is 4.48. The maximum Gasteiger partial charge on any atom is 0.322 e. The summed E-state index contributed by atoms with van der Waals surface area (Å²) < 4.78 is 0. The van der Waals surface area contributed by atoms with Gasteiger partial charge in [-0.05, 0) is 80.1 Å². The summed E-state index contributed by atoms with van der Waals surface area (Å²) in [5, 5.41) is 17.6. The number of rotatable bonds is 6. The number of phenols is 1. The van der Waals surface area contributed by atoms with Crippen molar-refractivity contribution in [3.63, 3.8) is 0 Å². The number of aromatic hydroxyl groups is 1. The van der Waals surface area contributed by atoms with Crippen molar-refractivity contribution in [1.82, 2.24) is 15.6 Å². The van der Waals surface area contributed by atoms with Crippen molar-refractivity contribution >= 4 is 45.8 Å². The normalized spacial score (nSPS) is 20.1. The van der Waals surface area contributed by atoms with Crippen LogP contribution in [0.15, 0.2) is 36.5 Å². The van der Waals surface area contributed by atoms with Crippen LogP contribution in [0.1, 0.15) is 37.7 Å². The van der Waals surface area contributed by atoms with Gasteiger partial charge in [-0.3, -0.25) is 9.88 Å². The highest BCUT2D eigenvalue weighted by Crippen LogP contribution is 2.40. The van der Waals surface area contributed by atoms with Crippen molar-refractivity contribution in [2.24, 2.45) is 11.8 Å². The number of carbonyl (C=O) groups excluding carboxylic acids is 1. The van der Waals surface area contributed by atoms with Gasteiger partial charge in [0.2, 0.25) is 0 Å². The molecule has 6 nitrogen and oxygen atoms in total. The summed E-state index contributed by atoms with van der Waals surface area (Å²) in [4.78, 5) is 19.7. The molecule has 1 fully saturated rings. The van der Waals surface area contributed by atoms with Crippen LogP contribution in [0, 0.1) is 11.8 Å². The largest absolute Gasteiger partial charge is 0.505 e. The van der Waals surface area contributed by atoms with Crippen molar-refractivity contribution in [3.05, 3.63) is 52.1 Å². The van der Waals surface area contributed by atoms with Crippen LogP contribution in [-0.4, -0.2) is 36.3 Å². The molecule has 184 valence electrons. The fourth-order valence-electron chi connectivity index (χ4n) is 5.43. The van der Waals surface area contributed by atoms with E-state index in [1.54, 1.807) is 12.1 Å². The number of amides is 2. The molecule has 2 amide bonds. The number of fused-ring (bicyclic) bond motifs is 3. The van der Waals surface area contributed by atoms with E-state index in [0.29, 0.717) is 19.0 Å². The van der Waals surface area contributed by atoms with Gasteiger partial charge in [-0.25, -0.2) is 4.79 Å². The van der Waals surface area contributed by atoms with Crippen LogP contribution in [0.3, 0.4) is 0 Å². The zero-order valence-electron chi connectivity index (χ0n) is 19.8. The Balaban J connectivity index is 1.48. The van der Waals surface area contributed by atoms with Gasteiger partial charge in [0.15, 0.2) is 5.75 Å². The molecule has 5 rings (SSSR count). The molecular weight excluding hydrogens is 483 g/mol. The number of benzene rings is 2. The van der Waals surface area contributed by atoms with Crippen molar-refractivity contribution < 1.29 is 9.90 Å². The lowest BCUT2D eigenvalue weighted by molar-refractivity contribution is 0.235. The van der Waals surface area contributed by atoms with E-state index in [9.17, 15) is 9.90 Å². The van der Waals surface area contributed by atoms with Gasteiger partial charge in [-0.15, -0.1) is 0 Å². The van der Waals surface area contributed by atoms with Crippen molar-refractivity contribution in [1.29, 1.82) is 0 Å². The van der Waals surface area contributed by atoms with E-state index in [2.05, 4.69) is 15.6 Å². The maximum atomic E-state index is 13.1. The highest BCUT2D eigenvalue weighted by molar-refractivity contribution is 6.37. The third-order valence-electron chi connectivity index (χ3n) is 7.42. The second kappa shape index (κ2) is 10.2. The van der Waals surface area contributed by atoms with Gasteiger partial charge in [0.1, 0.15) is 0 Å². The summed E-state index contributed by atoms with van der Waals surface area (Å²) >= 11 is 12.4. The van der Waals surface area contributed by atoms with Gasteiger partial charge < -0.3 is 15.7 Å². The summed E-state index contributed by atoms with van der Waals surface area (Å²) in [7, 11) is 2.01. The van der Waals surface area contributed by atoms with Crippen LogP contribution in [-0.2, 0) is 6.54 Å². The minimum Gasteiger partial charge on any atom is -0.505 e. The molecule has 1 aliphatic heterocycles. The Hall–Kier alpha value is -2.54. The molecule has 1 aromatic heterocycles. The summed E-state index contributed by atoms with van der Waals surface area (Å²) in [6.45, 7) is 2.24. The lowest BCUT2D eigenvalue weighted by Gasteiger charge is -2.36. The molecule has 1 saturated carbocycles. The molecule has 0 spiro atoms. The number of nitrogens with one attached hydrogen (secondary N) is 2. The molecule has 3 aromatic rings. The zero-order valence-corrected chi connectivity index (χ0v) is 21.3. The molecule has 3 N–H and O–H groups in total. The smallest absolute Gasteiger partial charge is 0.322 e. The molecule has 0 unspecified atom stereocenters. The van der Waals surface area contributed by atoms with Gasteiger partial charge in [0.25, 0.3) is 0 Å². The second-order valence-electron chi connectivity index (χ2n) is 9.70. The van der Waals surface area contributed by atoms with E-state index in [-0.39, 0.29) is 21.8 Å². The van der Waals surface area contributed by atoms with Crippen molar-refractivity contribution in [3.8, 4) is 16.9 Å². The summed E-state index contributed by atoms with van der Waals surface area (Å²) in [6.07, 6.45) is 7.82. The van der Waals surface area contributed by atoms with Crippen LogP contribution >= 0.6 is 23.2 Å². The first kappa shape index (κ1) is 24.2. The van der Waals surface area contributed by atoms with Gasteiger partial charge in [-0.1, -0.05) is 42.1 Å². The summed E-state index contributed by atoms with van der Waals surface area (Å²) in [5.74, 6) is 1.14. The van der Waals surface area contributed by atoms with E-state index in [4.69, 9.17) is 23.2 Å². The predicted molar refractivity (Wildman–Crippen MR) is 142 cm³/mol. The van der Waals surface area contributed by atoms with Crippen LogP contribution in [0.4, 0.5) is 10.5 Å². The van der Waals surface area contributed by atoms with Crippen LogP contribution in [0.5, 0.6) is 5.75 Å². The Labute approximate surface area is 215 Å². The minimum atomic E-state index is -0.125. The minimum absolute atomic E-state index is 0.0524. The number of anilines is 1. The first-order chi connectivity index (χ1) is 16.9. The van der Waals surface area contributed by atoms with Crippen LogP contribution in [0.25, 0.3) is 22.0 Å². The van der Waals surface area contributed by atoms with Gasteiger partial charge in [0, 0.05) is 30.2 Å². The molecule has 0 saturated heterocycles. The van der Waals surface area contributed by atoms with Crippen LogP contribution in [0.2, 0.25) is 10.0 Å². The first-order valence-electron chi connectivity index (χ1n) is 12.2. The van der Waals surface area contributed by atoms with E-state index < -0.39 is 0 Å². The molecule has 8 heteroatoms. The molecule has 2 heterocycles. The fraction of sp³-hybridized carbons (Fsp3) is 0.407. The number of phenolic OH excluding ortho intramolecular Hbond substituents is 1. The first-order valence-corrected chi connectivity index (χ1v) is 13.0. The van der Waals surface area contributed by atoms with Gasteiger partial charge in [0.05, 0.1) is 21.2 Å². The van der Waals surface area contributed by atoms with Gasteiger partial charge in [-0.2, -0.15) is 0 Å². The molecule has 1 aliphatic carbocycles. The van der Waals surface area contributed by atoms with Crippen molar-refractivity contribution in [2.45, 2.75) is 38.6 Å².